The van der Waals surface area contributed by atoms with Crippen molar-refractivity contribution in [3.05, 3.63) is 47.5 Å². The van der Waals surface area contributed by atoms with Crippen LogP contribution in [-0.2, 0) is 9.47 Å². The molecule has 11 heteroatoms. The van der Waals surface area contributed by atoms with Gasteiger partial charge in [-0.3, -0.25) is 9.80 Å². The first-order valence-electron chi connectivity index (χ1n) is 17.1. The van der Waals surface area contributed by atoms with Gasteiger partial charge in [-0.25, -0.2) is 14.4 Å². The predicted molar refractivity (Wildman–Crippen MR) is 154 cm³/mol. The fourth-order valence-corrected chi connectivity index (χ4v) is 4.73. The third kappa shape index (κ3) is 7.30. The lowest BCUT2D eigenvalue weighted by Gasteiger charge is -2.29. The first kappa shape index (κ1) is 20.2. The van der Waals surface area contributed by atoms with Crippen LogP contribution in [0.3, 0.4) is 0 Å². The number of nitrogens with zero attached hydrogens (tertiary/aromatic N) is 5. The highest BCUT2D eigenvalue weighted by molar-refractivity contribution is 6.31. The van der Waals surface area contributed by atoms with Gasteiger partial charge in [-0.2, -0.15) is 0 Å². The fourth-order valence-electron chi connectivity index (χ4n) is 4.55. The normalized spacial score (nSPS) is 24.8. The van der Waals surface area contributed by atoms with Gasteiger partial charge in [-0.1, -0.05) is 11.6 Å². The van der Waals surface area contributed by atoms with E-state index in [0.717, 1.165) is 26.1 Å². The monoisotopic (exact) mass is 581 g/mol. The summed E-state index contributed by atoms with van der Waals surface area (Å²) in [6.07, 6.45) is 2.07. The van der Waals surface area contributed by atoms with Crippen LogP contribution in [0, 0.1) is 5.82 Å². The van der Waals surface area contributed by atoms with Crippen LogP contribution in [0.5, 0.6) is 11.5 Å². The lowest BCUT2D eigenvalue weighted by Crippen LogP contribution is -2.37. The SMILES string of the molecule is [2H]C1([2H])OC([2H])([2H])C([2H])([2H])N(CCCN(c2ccc(F)c(Cl)c2)c2ncnc3cc(OC)c(OCCCN4CCOCC4)cc23)C1([2H])[2H]. The molecule has 2 fully saturated rings. The van der Waals surface area contributed by atoms with E-state index >= 15 is 0 Å². The molecule has 3 aromatic rings. The molecule has 2 saturated heterocycles. The molecule has 216 valence electrons. The summed E-state index contributed by atoms with van der Waals surface area (Å²) in [5, 5.41) is 0.371. The molecule has 0 bridgehead atoms. The van der Waals surface area contributed by atoms with E-state index in [1.807, 2.05) is 0 Å². The topological polar surface area (TPSA) is 72.4 Å². The summed E-state index contributed by atoms with van der Waals surface area (Å²) in [7, 11) is 1.52. The van der Waals surface area contributed by atoms with Crippen molar-refractivity contribution in [2.45, 2.75) is 12.8 Å². The minimum Gasteiger partial charge on any atom is -0.493 e. The van der Waals surface area contributed by atoms with Gasteiger partial charge in [0.05, 0.1) is 56.1 Å². The Hall–Kier alpha value is -2.76. The van der Waals surface area contributed by atoms with Crippen LogP contribution in [-0.4, -0.2) is 106 Å². The third-order valence-corrected chi connectivity index (χ3v) is 6.87. The molecule has 2 aliphatic heterocycles. The molecule has 0 aliphatic carbocycles. The number of anilines is 2. The largest absolute Gasteiger partial charge is 0.493 e. The van der Waals surface area contributed by atoms with E-state index in [-0.39, 0.29) is 18.0 Å². The van der Waals surface area contributed by atoms with Gasteiger partial charge in [0.15, 0.2) is 11.5 Å². The highest BCUT2D eigenvalue weighted by Crippen LogP contribution is 2.37. The number of fused-ring (bicyclic) bond motifs is 1. The van der Waals surface area contributed by atoms with Gasteiger partial charge in [-0.05, 0) is 37.1 Å². The molecule has 0 radical (unpaired) electrons. The van der Waals surface area contributed by atoms with Gasteiger partial charge < -0.3 is 23.8 Å². The lowest BCUT2D eigenvalue weighted by atomic mass is 10.1. The highest BCUT2D eigenvalue weighted by Gasteiger charge is 2.20. The number of ether oxygens (including phenoxy) is 4. The number of methoxy groups -OCH3 is 1. The quantitative estimate of drug-likeness (QED) is 0.290. The van der Waals surface area contributed by atoms with Gasteiger partial charge in [0.2, 0.25) is 0 Å². The molecular formula is C29H37ClFN5O4. The molecule has 2 aromatic carbocycles. The third-order valence-electron chi connectivity index (χ3n) is 6.58. The second-order valence-electron chi connectivity index (χ2n) is 9.16. The maximum Gasteiger partial charge on any atom is 0.162 e. The van der Waals surface area contributed by atoms with Crippen LogP contribution in [0.1, 0.15) is 23.8 Å². The van der Waals surface area contributed by atoms with Gasteiger partial charge >= 0.3 is 0 Å². The van der Waals surface area contributed by atoms with Gasteiger partial charge in [0.1, 0.15) is 18.0 Å². The smallest absolute Gasteiger partial charge is 0.162 e. The zero-order valence-electron chi connectivity index (χ0n) is 30.2. The van der Waals surface area contributed by atoms with Crippen LogP contribution >= 0.6 is 11.6 Å². The molecule has 0 atom stereocenters. The van der Waals surface area contributed by atoms with Crippen molar-refractivity contribution in [1.82, 2.24) is 19.8 Å². The Labute approximate surface area is 251 Å². The number of morpholine rings is 2. The maximum atomic E-state index is 14.2. The molecule has 40 heavy (non-hydrogen) atoms. The molecule has 0 N–H and O–H groups in total. The molecule has 0 amide bonds. The Kier molecular flexibility index (Phi) is 7.18. The predicted octanol–water partition coefficient (Wildman–Crippen LogP) is 4.39. The van der Waals surface area contributed by atoms with E-state index in [0.29, 0.717) is 58.6 Å². The number of aromatic nitrogens is 2. The van der Waals surface area contributed by atoms with Crippen molar-refractivity contribution in [3.8, 4) is 11.5 Å². The van der Waals surface area contributed by atoms with Gasteiger partial charge in [0, 0.05) is 68.3 Å². The van der Waals surface area contributed by atoms with E-state index in [4.69, 9.17) is 36.8 Å². The first-order chi connectivity index (χ1) is 22.6. The lowest BCUT2D eigenvalue weighted by molar-refractivity contribution is 0.0357. The van der Waals surface area contributed by atoms with E-state index in [1.54, 1.807) is 17.0 Å². The summed E-state index contributed by atoms with van der Waals surface area (Å²) in [5.74, 6) is 0.598. The van der Waals surface area contributed by atoms with Crippen molar-refractivity contribution in [2.75, 3.05) is 90.7 Å². The Morgan fingerprint density at radius 3 is 2.60 bits per heavy atom. The zero-order valence-corrected chi connectivity index (χ0v) is 22.9. The van der Waals surface area contributed by atoms with Crippen LogP contribution in [0.25, 0.3) is 10.9 Å². The maximum absolute atomic E-state index is 14.2. The van der Waals surface area contributed by atoms with Crippen molar-refractivity contribution in [2.24, 2.45) is 0 Å². The molecule has 5 rings (SSSR count). The van der Waals surface area contributed by atoms with Gasteiger partial charge in [-0.15, -0.1) is 0 Å². The minimum atomic E-state index is -3.16. The van der Waals surface area contributed by atoms with Crippen LogP contribution < -0.4 is 14.4 Å². The highest BCUT2D eigenvalue weighted by atomic mass is 35.5. The van der Waals surface area contributed by atoms with E-state index in [2.05, 4.69) is 19.6 Å². The molecule has 2 aliphatic rings. The Bertz CT molecular complexity index is 1580. The molecule has 3 heterocycles. The Balaban J connectivity index is 1.45. The van der Waals surface area contributed by atoms with Crippen molar-refractivity contribution >= 4 is 34.0 Å². The van der Waals surface area contributed by atoms with Crippen LogP contribution in [0.15, 0.2) is 36.7 Å². The number of hydrogen-bond acceptors (Lipinski definition) is 9. The van der Waals surface area contributed by atoms with Gasteiger partial charge in [0.25, 0.3) is 0 Å². The summed E-state index contributed by atoms with van der Waals surface area (Å²) in [5.41, 5.74) is 0.904. The summed E-state index contributed by atoms with van der Waals surface area (Å²) < 4.78 is 101. The number of halogens is 2. The Morgan fingerprint density at radius 2 is 1.82 bits per heavy atom. The van der Waals surface area contributed by atoms with Crippen LogP contribution in [0.2, 0.25) is 5.02 Å². The van der Waals surface area contributed by atoms with Crippen molar-refractivity contribution in [3.63, 3.8) is 0 Å². The molecule has 9 nitrogen and oxygen atoms in total. The molecule has 0 spiro atoms. The second kappa shape index (κ2) is 14.2. The Morgan fingerprint density at radius 1 is 1.02 bits per heavy atom. The molecule has 1 aromatic heterocycles. The van der Waals surface area contributed by atoms with Crippen molar-refractivity contribution < 1.29 is 34.3 Å². The molecule has 0 saturated carbocycles. The van der Waals surface area contributed by atoms with Crippen LogP contribution in [0.4, 0.5) is 15.9 Å². The van der Waals surface area contributed by atoms with E-state index in [9.17, 15) is 4.39 Å². The summed E-state index contributed by atoms with van der Waals surface area (Å²) >= 11 is 6.16. The number of hydrogen-bond donors (Lipinski definition) is 0. The summed E-state index contributed by atoms with van der Waals surface area (Å²) in [6, 6.07) is 7.49. The standard InChI is InChI=1S/C29H37ClFN5O4/c1-37-27-20-26-23(19-28(27)40-13-3-7-35-11-16-39-17-12-35)29(33-21-32-26)36(22-4-5-25(31)24(30)18-22)8-2-6-34-9-14-38-15-10-34/h4-5,18-21H,2-3,6-17H2,1H3/i9D2,10D2,14D2,15D2. The summed E-state index contributed by atoms with van der Waals surface area (Å²) in [6.45, 7) is -8.40. The minimum absolute atomic E-state index is 0.0192. The zero-order chi connectivity index (χ0) is 34.9. The van der Waals surface area contributed by atoms with E-state index in [1.165, 1.54) is 31.6 Å². The van der Waals surface area contributed by atoms with Crippen molar-refractivity contribution in [1.29, 1.82) is 0 Å². The second-order valence-corrected chi connectivity index (χ2v) is 9.57. The summed E-state index contributed by atoms with van der Waals surface area (Å²) in [4.78, 5) is 13.4. The van der Waals surface area contributed by atoms with E-state index < -0.39 is 38.5 Å². The average Bonchev–Trinajstić information content (AvgIpc) is 3.03. The average molecular weight is 582 g/mol. The fraction of sp³-hybridized carbons (Fsp3) is 0.517. The number of benzene rings is 2. The first-order valence-corrected chi connectivity index (χ1v) is 13.4. The molecular weight excluding hydrogens is 537 g/mol. The number of rotatable bonds is 12. The molecule has 0 unspecified atom stereocenters.